The lowest BCUT2D eigenvalue weighted by Gasteiger charge is -2.37. The van der Waals surface area contributed by atoms with Gasteiger partial charge >= 0.3 is 0 Å². The summed E-state index contributed by atoms with van der Waals surface area (Å²) >= 11 is 0. The Kier molecular flexibility index (Phi) is 5.44. The standard InChI is InChI=1S/C26H31N5O2/c1-26(2,3)30(4)20-10-11-31(15-20)23-9-8-22-21-7-6-17(12-19(21)16-33-25(22)28-23)18-13-24(32-5)29-27-14-18/h6-9,12-14,20H,10-11,15-16H2,1-5H3/t20-/m1/s1. The van der Waals surface area contributed by atoms with Gasteiger partial charge < -0.3 is 14.4 Å². The summed E-state index contributed by atoms with van der Waals surface area (Å²) in [6.45, 7) is 9.31. The summed E-state index contributed by atoms with van der Waals surface area (Å²) in [6.07, 6.45) is 2.89. The van der Waals surface area contributed by atoms with E-state index in [1.807, 2.05) is 6.07 Å². The van der Waals surface area contributed by atoms with Crippen molar-refractivity contribution in [2.45, 2.75) is 45.4 Å². The molecule has 2 aliphatic rings. The molecular weight excluding hydrogens is 414 g/mol. The minimum atomic E-state index is 0.160. The second-order valence-electron chi connectivity index (χ2n) is 9.84. The molecule has 0 aliphatic carbocycles. The van der Waals surface area contributed by atoms with Gasteiger partial charge in [-0.2, -0.15) is 10.1 Å². The number of ether oxygens (including phenoxy) is 2. The molecule has 0 radical (unpaired) electrons. The Morgan fingerprint density at radius 2 is 1.91 bits per heavy atom. The monoisotopic (exact) mass is 445 g/mol. The van der Waals surface area contributed by atoms with Gasteiger partial charge in [-0.3, -0.25) is 4.90 Å². The molecule has 172 valence electrons. The van der Waals surface area contributed by atoms with Crippen molar-refractivity contribution >= 4 is 5.82 Å². The number of aromatic nitrogens is 3. The Morgan fingerprint density at radius 3 is 2.70 bits per heavy atom. The van der Waals surface area contributed by atoms with E-state index in [0.717, 1.165) is 47.6 Å². The number of rotatable bonds is 4. The predicted octanol–water partition coefficient (Wildman–Crippen LogP) is 4.42. The van der Waals surface area contributed by atoms with E-state index in [4.69, 9.17) is 14.5 Å². The lowest BCUT2D eigenvalue weighted by Crippen LogP contribution is -2.46. The van der Waals surface area contributed by atoms with Gasteiger partial charge in [-0.05, 0) is 69.1 Å². The van der Waals surface area contributed by atoms with Crippen LogP contribution in [0.3, 0.4) is 0 Å². The molecule has 2 aromatic heterocycles. The molecule has 0 saturated carbocycles. The van der Waals surface area contributed by atoms with Gasteiger partial charge in [-0.15, -0.1) is 5.10 Å². The van der Waals surface area contributed by atoms with Crippen LogP contribution >= 0.6 is 0 Å². The molecule has 1 fully saturated rings. The van der Waals surface area contributed by atoms with Crippen molar-refractivity contribution in [2.75, 3.05) is 32.1 Å². The highest BCUT2D eigenvalue weighted by atomic mass is 16.5. The largest absolute Gasteiger partial charge is 0.480 e. The zero-order valence-corrected chi connectivity index (χ0v) is 20.0. The molecule has 0 unspecified atom stereocenters. The van der Waals surface area contributed by atoms with Gasteiger partial charge in [0.05, 0.1) is 13.3 Å². The van der Waals surface area contributed by atoms with E-state index in [-0.39, 0.29) is 5.54 Å². The van der Waals surface area contributed by atoms with E-state index < -0.39 is 0 Å². The van der Waals surface area contributed by atoms with Crippen LogP contribution in [0.25, 0.3) is 22.3 Å². The summed E-state index contributed by atoms with van der Waals surface area (Å²) in [7, 11) is 3.82. The van der Waals surface area contributed by atoms with Gasteiger partial charge in [0.2, 0.25) is 11.8 Å². The fourth-order valence-electron chi connectivity index (χ4n) is 4.64. The van der Waals surface area contributed by atoms with Crippen LogP contribution in [0.2, 0.25) is 0 Å². The number of methoxy groups -OCH3 is 1. The van der Waals surface area contributed by atoms with Crippen LogP contribution in [-0.4, -0.2) is 58.9 Å². The summed E-state index contributed by atoms with van der Waals surface area (Å²) in [4.78, 5) is 9.75. The average Bonchev–Trinajstić information content (AvgIpc) is 3.32. The molecule has 1 saturated heterocycles. The number of nitrogens with zero attached hydrogens (tertiary/aromatic N) is 5. The Morgan fingerprint density at radius 1 is 1.09 bits per heavy atom. The zero-order valence-electron chi connectivity index (χ0n) is 20.0. The van der Waals surface area contributed by atoms with Crippen LogP contribution in [0.15, 0.2) is 42.6 Å². The van der Waals surface area contributed by atoms with E-state index >= 15 is 0 Å². The summed E-state index contributed by atoms with van der Waals surface area (Å²) < 4.78 is 11.3. The molecular formula is C26H31N5O2. The second-order valence-corrected chi connectivity index (χ2v) is 9.84. The van der Waals surface area contributed by atoms with Gasteiger partial charge in [0, 0.05) is 41.9 Å². The van der Waals surface area contributed by atoms with Gasteiger partial charge in [-0.25, -0.2) is 0 Å². The topological polar surface area (TPSA) is 63.6 Å². The van der Waals surface area contributed by atoms with Crippen molar-refractivity contribution in [1.82, 2.24) is 20.1 Å². The number of hydrogen-bond acceptors (Lipinski definition) is 7. The molecule has 2 aliphatic heterocycles. The van der Waals surface area contributed by atoms with Crippen LogP contribution in [0.4, 0.5) is 5.82 Å². The average molecular weight is 446 g/mol. The number of benzene rings is 1. The Labute approximate surface area is 195 Å². The molecule has 1 aromatic carbocycles. The molecule has 0 amide bonds. The fourth-order valence-corrected chi connectivity index (χ4v) is 4.64. The normalized spacial score (nSPS) is 17.5. The first-order chi connectivity index (χ1) is 15.8. The summed E-state index contributed by atoms with van der Waals surface area (Å²) in [5, 5.41) is 7.99. The van der Waals surface area contributed by atoms with Crippen molar-refractivity contribution < 1.29 is 9.47 Å². The first-order valence-electron chi connectivity index (χ1n) is 11.5. The minimum absolute atomic E-state index is 0.160. The molecule has 0 N–H and O–H groups in total. The van der Waals surface area contributed by atoms with Gasteiger partial charge in [0.25, 0.3) is 0 Å². The van der Waals surface area contributed by atoms with E-state index in [1.54, 1.807) is 13.3 Å². The minimum Gasteiger partial charge on any atom is -0.480 e. The van der Waals surface area contributed by atoms with Crippen molar-refractivity contribution in [1.29, 1.82) is 0 Å². The van der Waals surface area contributed by atoms with Crippen molar-refractivity contribution in [2.24, 2.45) is 0 Å². The maximum atomic E-state index is 6.11. The van der Waals surface area contributed by atoms with Crippen molar-refractivity contribution in [3.63, 3.8) is 0 Å². The highest BCUT2D eigenvalue weighted by Crippen LogP contribution is 2.39. The highest BCUT2D eigenvalue weighted by Gasteiger charge is 2.32. The quantitative estimate of drug-likeness (QED) is 0.589. The third kappa shape index (κ3) is 4.13. The summed E-state index contributed by atoms with van der Waals surface area (Å²) in [5.41, 5.74) is 5.53. The number of likely N-dealkylation sites (N-methyl/N-ethyl adjacent to an activating group) is 1. The Bertz CT molecular complexity index is 1170. The molecule has 0 bridgehead atoms. The predicted molar refractivity (Wildman–Crippen MR) is 130 cm³/mol. The summed E-state index contributed by atoms with van der Waals surface area (Å²) in [6, 6.07) is 13.1. The third-order valence-corrected chi connectivity index (χ3v) is 6.87. The highest BCUT2D eigenvalue weighted by molar-refractivity contribution is 5.78. The van der Waals surface area contributed by atoms with E-state index in [2.05, 4.69) is 78.1 Å². The van der Waals surface area contributed by atoms with Crippen molar-refractivity contribution in [3.8, 4) is 34.0 Å². The maximum absolute atomic E-state index is 6.11. The van der Waals surface area contributed by atoms with Gasteiger partial charge in [-0.1, -0.05) is 12.1 Å². The molecule has 4 heterocycles. The zero-order chi connectivity index (χ0) is 23.2. The lowest BCUT2D eigenvalue weighted by atomic mass is 9.95. The lowest BCUT2D eigenvalue weighted by molar-refractivity contribution is 0.127. The van der Waals surface area contributed by atoms with Crippen molar-refractivity contribution in [3.05, 3.63) is 48.2 Å². The fraction of sp³-hybridized carbons (Fsp3) is 0.423. The van der Waals surface area contributed by atoms with Crippen LogP contribution < -0.4 is 14.4 Å². The van der Waals surface area contributed by atoms with Crippen LogP contribution in [0, 0.1) is 0 Å². The number of pyridine rings is 1. The number of fused-ring (bicyclic) bond motifs is 3. The van der Waals surface area contributed by atoms with Crippen LogP contribution in [0.1, 0.15) is 32.8 Å². The van der Waals surface area contributed by atoms with E-state index in [1.165, 1.54) is 5.56 Å². The molecule has 5 rings (SSSR count). The van der Waals surface area contributed by atoms with Crippen LogP contribution in [0.5, 0.6) is 11.8 Å². The molecule has 33 heavy (non-hydrogen) atoms. The summed E-state index contributed by atoms with van der Waals surface area (Å²) in [5.74, 6) is 2.21. The SMILES string of the molecule is COc1cc(-c2ccc3c(c2)COc2nc(N4CC[C@@H](N(C)C(C)(C)C)C4)ccc2-3)cnn1. The second kappa shape index (κ2) is 8.30. The van der Waals surface area contributed by atoms with E-state index in [9.17, 15) is 0 Å². The van der Waals surface area contributed by atoms with Gasteiger partial charge in [0.1, 0.15) is 12.4 Å². The molecule has 7 nitrogen and oxygen atoms in total. The number of hydrogen-bond donors (Lipinski definition) is 0. The van der Waals surface area contributed by atoms with Gasteiger partial charge in [0.15, 0.2) is 0 Å². The number of anilines is 1. The van der Waals surface area contributed by atoms with E-state index in [0.29, 0.717) is 24.4 Å². The Balaban J connectivity index is 1.38. The smallest absolute Gasteiger partial charge is 0.233 e. The first-order valence-corrected chi connectivity index (χ1v) is 11.5. The molecule has 7 heteroatoms. The molecule has 3 aromatic rings. The first kappa shape index (κ1) is 21.6. The maximum Gasteiger partial charge on any atom is 0.233 e. The molecule has 0 spiro atoms. The molecule has 1 atom stereocenters. The Hall–Kier alpha value is -3.19. The van der Waals surface area contributed by atoms with Crippen LogP contribution in [-0.2, 0) is 6.61 Å². The third-order valence-electron chi connectivity index (χ3n) is 6.87.